The summed E-state index contributed by atoms with van der Waals surface area (Å²) in [6.45, 7) is 9.84. The Morgan fingerprint density at radius 2 is 1.80 bits per heavy atom. The lowest BCUT2D eigenvalue weighted by Gasteiger charge is -2.28. The SMILES string of the molecule is CC(C)Sc1ccc(C(C)Nc2cc(N3CCOCC3)ncn2)cc1. The molecule has 0 aliphatic carbocycles. The molecule has 0 amide bonds. The molecule has 6 heteroatoms. The topological polar surface area (TPSA) is 50.3 Å². The van der Waals surface area contributed by atoms with E-state index in [0.717, 1.165) is 37.9 Å². The minimum Gasteiger partial charge on any atom is -0.378 e. The second-order valence-corrected chi connectivity index (χ2v) is 8.11. The fourth-order valence-electron chi connectivity index (χ4n) is 2.80. The van der Waals surface area contributed by atoms with Gasteiger partial charge in [0.2, 0.25) is 0 Å². The third-order valence-electron chi connectivity index (χ3n) is 4.10. The molecule has 1 unspecified atom stereocenters. The van der Waals surface area contributed by atoms with Crippen LogP contribution in [0.5, 0.6) is 0 Å². The summed E-state index contributed by atoms with van der Waals surface area (Å²) < 4.78 is 5.40. The van der Waals surface area contributed by atoms with Crippen LogP contribution in [0.4, 0.5) is 11.6 Å². The summed E-state index contributed by atoms with van der Waals surface area (Å²) in [4.78, 5) is 12.3. The molecular weight excluding hydrogens is 332 g/mol. The number of thioether (sulfide) groups is 1. The molecule has 1 fully saturated rings. The van der Waals surface area contributed by atoms with E-state index in [9.17, 15) is 0 Å². The van der Waals surface area contributed by atoms with Gasteiger partial charge in [-0.1, -0.05) is 26.0 Å². The number of ether oxygens (including phenoxy) is 1. The Morgan fingerprint density at radius 3 is 2.48 bits per heavy atom. The van der Waals surface area contributed by atoms with Gasteiger partial charge >= 0.3 is 0 Å². The lowest BCUT2D eigenvalue weighted by atomic mass is 10.1. The van der Waals surface area contributed by atoms with Gasteiger partial charge in [0.15, 0.2) is 0 Å². The maximum atomic E-state index is 5.40. The molecule has 1 saturated heterocycles. The molecule has 0 bridgehead atoms. The van der Waals surface area contributed by atoms with E-state index in [1.54, 1.807) is 6.33 Å². The number of benzene rings is 1. The van der Waals surface area contributed by atoms with Crippen molar-refractivity contribution in [2.75, 3.05) is 36.5 Å². The third kappa shape index (κ3) is 5.09. The number of morpholine rings is 1. The summed E-state index contributed by atoms with van der Waals surface area (Å²) in [6.07, 6.45) is 1.63. The van der Waals surface area contributed by atoms with Crippen LogP contribution >= 0.6 is 11.8 Å². The molecule has 2 aromatic rings. The molecule has 1 aromatic carbocycles. The van der Waals surface area contributed by atoms with Gasteiger partial charge in [0.1, 0.15) is 18.0 Å². The smallest absolute Gasteiger partial charge is 0.134 e. The van der Waals surface area contributed by atoms with Crippen molar-refractivity contribution >= 4 is 23.4 Å². The first kappa shape index (κ1) is 18.0. The van der Waals surface area contributed by atoms with Crippen molar-refractivity contribution in [1.29, 1.82) is 0 Å². The number of nitrogens with one attached hydrogen (secondary N) is 1. The van der Waals surface area contributed by atoms with Gasteiger partial charge < -0.3 is 15.0 Å². The lowest BCUT2D eigenvalue weighted by Crippen LogP contribution is -2.36. The molecule has 3 rings (SSSR count). The van der Waals surface area contributed by atoms with Crippen LogP contribution in [0.2, 0.25) is 0 Å². The van der Waals surface area contributed by atoms with Gasteiger partial charge in [-0.05, 0) is 24.6 Å². The van der Waals surface area contributed by atoms with Gasteiger partial charge in [0.25, 0.3) is 0 Å². The maximum Gasteiger partial charge on any atom is 0.134 e. The number of hydrogen-bond acceptors (Lipinski definition) is 6. The van der Waals surface area contributed by atoms with E-state index < -0.39 is 0 Å². The predicted molar refractivity (Wildman–Crippen MR) is 105 cm³/mol. The van der Waals surface area contributed by atoms with Crippen molar-refractivity contribution in [1.82, 2.24) is 9.97 Å². The number of hydrogen-bond donors (Lipinski definition) is 1. The molecule has 0 radical (unpaired) electrons. The van der Waals surface area contributed by atoms with Crippen LogP contribution in [-0.2, 0) is 4.74 Å². The van der Waals surface area contributed by atoms with Gasteiger partial charge in [-0.25, -0.2) is 9.97 Å². The first-order valence-electron chi connectivity index (χ1n) is 8.79. The lowest BCUT2D eigenvalue weighted by molar-refractivity contribution is 0.122. The van der Waals surface area contributed by atoms with Crippen LogP contribution in [-0.4, -0.2) is 41.5 Å². The molecule has 0 spiro atoms. The van der Waals surface area contributed by atoms with Crippen LogP contribution in [0.15, 0.2) is 41.6 Å². The average molecular weight is 359 g/mol. The molecule has 0 saturated carbocycles. The van der Waals surface area contributed by atoms with Crippen molar-refractivity contribution in [3.8, 4) is 0 Å². The van der Waals surface area contributed by atoms with Crippen molar-refractivity contribution in [2.45, 2.75) is 37.0 Å². The summed E-state index contributed by atoms with van der Waals surface area (Å²) in [5, 5.41) is 4.08. The number of anilines is 2. The molecule has 5 nitrogen and oxygen atoms in total. The molecule has 25 heavy (non-hydrogen) atoms. The first-order valence-corrected chi connectivity index (χ1v) is 9.67. The third-order valence-corrected chi connectivity index (χ3v) is 5.12. The maximum absolute atomic E-state index is 5.40. The Kier molecular flexibility index (Phi) is 6.15. The van der Waals surface area contributed by atoms with E-state index in [2.05, 4.69) is 65.2 Å². The van der Waals surface area contributed by atoms with E-state index in [4.69, 9.17) is 4.74 Å². The zero-order valence-corrected chi connectivity index (χ0v) is 15.9. The molecule has 134 valence electrons. The highest BCUT2D eigenvalue weighted by Gasteiger charge is 2.14. The molecule has 2 heterocycles. The van der Waals surface area contributed by atoms with E-state index >= 15 is 0 Å². The number of rotatable bonds is 6. The summed E-state index contributed by atoms with van der Waals surface area (Å²) >= 11 is 1.88. The molecule has 1 N–H and O–H groups in total. The Bertz CT molecular complexity index is 671. The van der Waals surface area contributed by atoms with Crippen LogP contribution < -0.4 is 10.2 Å². The van der Waals surface area contributed by atoms with E-state index in [1.807, 2.05) is 17.8 Å². The van der Waals surface area contributed by atoms with Crippen molar-refractivity contribution in [3.63, 3.8) is 0 Å². The fraction of sp³-hybridized carbons (Fsp3) is 0.474. The normalized spacial score (nSPS) is 16.1. The summed E-state index contributed by atoms with van der Waals surface area (Å²) in [7, 11) is 0. The second kappa shape index (κ2) is 8.54. The van der Waals surface area contributed by atoms with E-state index in [-0.39, 0.29) is 6.04 Å². The minimum absolute atomic E-state index is 0.186. The second-order valence-electron chi connectivity index (χ2n) is 6.46. The zero-order valence-electron chi connectivity index (χ0n) is 15.1. The monoisotopic (exact) mass is 358 g/mol. The van der Waals surface area contributed by atoms with Gasteiger partial charge in [0, 0.05) is 35.3 Å². The summed E-state index contributed by atoms with van der Waals surface area (Å²) in [6, 6.07) is 11.0. The van der Waals surface area contributed by atoms with Crippen LogP contribution in [0, 0.1) is 0 Å². The standard InChI is InChI=1S/C19H26N4OS/c1-14(2)25-17-6-4-16(5-7-17)15(3)22-18-12-19(21-13-20-18)23-8-10-24-11-9-23/h4-7,12-15H,8-11H2,1-3H3,(H,20,21,22). The Morgan fingerprint density at radius 1 is 1.08 bits per heavy atom. The van der Waals surface area contributed by atoms with E-state index in [1.165, 1.54) is 10.5 Å². The van der Waals surface area contributed by atoms with Gasteiger partial charge in [0.05, 0.1) is 13.2 Å². The molecule has 1 atom stereocenters. The Labute approximate surface area is 154 Å². The van der Waals surface area contributed by atoms with Gasteiger partial charge in [-0.15, -0.1) is 11.8 Å². The fourth-order valence-corrected chi connectivity index (χ4v) is 3.64. The number of aromatic nitrogens is 2. The van der Waals surface area contributed by atoms with Crippen LogP contribution in [0.1, 0.15) is 32.4 Å². The zero-order chi connectivity index (χ0) is 17.6. The Hall–Kier alpha value is -1.79. The first-order chi connectivity index (χ1) is 12.1. The van der Waals surface area contributed by atoms with Crippen LogP contribution in [0.3, 0.4) is 0 Å². The molecule has 1 aliphatic heterocycles. The highest BCUT2D eigenvalue weighted by atomic mass is 32.2. The largest absolute Gasteiger partial charge is 0.378 e. The van der Waals surface area contributed by atoms with Crippen molar-refractivity contribution in [2.24, 2.45) is 0 Å². The summed E-state index contributed by atoms with van der Waals surface area (Å²) in [5.41, 5.74) is 1.25. The average Bonchev–Trinajstić information content (AvgIpc) is 2.63. The summed E-state index contributed by atoms with van der Waals surface area (Å²) in [5.74, 6) is 1.81. The van der Waals surface area contributed by atoms with Gasteiger partial charge in [-0.2, -0.15) is 0 Å². The quantitative estimate of drug-likeness (QED) is 0.788. The number of nitrogens with zero attached hydrogens (tertiary/aromatic N) is 3. The molecule has 1 aliphatic rings. The minimum atomic E-state index is 0.186. The van der Waals surface area contributed by atoms with E-state index in [0.29, 0.717) is 5.25 Å². The van der Waals surface area contributed by atoms with Gasteiger partial charge in [-0.3, -0.25) is 0 Å². The Balaban J connectivity index is 1.65. The van der Waals surface area contributed by atoms with Crippen LogP contribution in [0.25, 0.3) is 0 Å². The molecular formula is C19H26N4OS. The molecule has 1 aromatic heterocycles. The van der Waals surface area contributed by atoms with Crippen molar-refractivity contribution in [3.05, 3.63) is 42.2 Å². The van der Waals surface area contributed by atoms with Crippen molar-refractivity contribution < 1.29 is 4.74 Å². The highest BCUT2D eigenvalue weighted by Crippen LogP contribution is 2.26. The highest BCUT2D eigenvalue weighted by molar-refractivity contribution is 7.99. The predicted octanol–water partition coefficient (Wildman–Crippen LogP) is 3.99.